The first kappa shape index (κ1) is 14.2. The van der Waals surface area contributed by atoms with Crippen molar-refractivity contribution in [1.82, 2.24) is 0 Å². The maximum absolute atomic E-state index is 6.21. The summed E-state index contributed by atoms with van der Waals surface area (Å²) in [4.78, 5) is 0. The van der Waals surface area contributed by atoms with Crippen LogP contribution >= 0.6 is 0 Å². The molecule has 0 amide bonds. The Morgan fingerprint density at radius 3 is 2.58 bits per heavy atom. The van der Waals surface area contributed by atoms with Gasteiger partial charge in [-0.05, 0) is 31.0 Å². The van der Waals surface area contributed by atoms with E-state index in [0.29, 0.717) is 12.7 Å². The highest BCUT2D eigenvalue weighted by Gasteiger charge is 2.19. The monoisotopic (exact) mass is 265 g/mol. The summed E-state index contributed by atoms with van der Waals surface area (Å²) in [5, 5.41) is 0. The Kier molecular flexibility index (Phi) is 5.05. The predicted molar refractivity (Wildman–Crippen MR) is 74.7 cm³/mol. The Morgan fingerprint density at radius 1 is 1.21 bits per heavy atom. The summed E-state index contributed by atoms with van der Waals surface area (Å²) in [6, 6.07) is 5.48. The summed E-state index contributed by atoms with van der Waals surface area (Å²) in [5.41, 5.74) is 7.14. The molecule has 0 radical (unpaired) electrons. The van der Waals surface area contributed by atoms with Crippen LogP contribution in [0.1, 0.15) is 37.3 Å². The lowest BCUT2D eigenvalue weighted by Crippen LogP contribution is -2.21. The number of rotatable bonds is 6. The normalized spacial score (nSPS) is 17.4. The van der Waals surface area contributed by atoms with Crippen molar-refractivity contribution in [3.63, 3.8) is 0 Å². The Hall–Kier alpha value is -1.26. The van der Waals surface area contributed by atoms with Crippen molar-refractivity contribution in [2.24, 2.45) is 5.73 Å². The topological polar surface area (TPSA) is 53.7 Å². The van der Waals surface area contributed by atoms with Crippen LogP contribution in [0.5, 0.6) is 11.5 Å². The maximum Gasteiger partial charge on any atom is 0.123 e. The first-order valence-electron chi connectivity index (χ1n) is 6.83. The van der Waals surface area contributed by atoms with Gasteiger partial charge in [0.1, 0.15) is 11.5 Å². The lowest BCUT2D eigenvalue weighted by Gasteiger charge is -2.19. The van der Waals surface area contributed by atoms with Crippen LogP contribution in [0.2, 0.25) is 0 Å². The van der Waals surface area contributed by atoms with Crippen molar-refractivity contribution >= 4 is 0 Å². The van der Waals surface area contributed by atoms with E-state index in [0.717, 1.165) is 29.9 Å². The van der Waals surface area contributed by atoms with Gasteiger partial charge in [0.25, 0.3) is 0 Å². The summed E-state index contributed by atoms with van der Waals surface area (Å²) < 4.78 is 16.4. The number of hydrogen-bond acceptors (Lipinski definition) is 4. The molecule has 0 heterocycles. The molecule has 1 fully saturated rings. The van der Waals surface area contributed by atoms with Gasteiger partial charge in [0.2, 0.25) is 0 Å². The van der Waals surface area contributed by atoms with Crippen molar-refractivity contribution in [3.8, 4) is 11.5 Å². The highest BCUT2D eigenvalue weighted by Crippen LogP contribution is 2.29. The molecule has 106 valence electrons. The van der Waals surface area contributed by atoms with E-state index in [1.54, 1.807) is 14.2 Å². The van der Waals surface area contributed by atoms with Crippen LogP contribution in [-0.2, 0) is 4.74 Å². The van der Waals surface area contributed by atoms with Crippen LogP contribution in [0, 0.1) is 0 Å². The molecule has 0 bridgehead atoms. The van der Waals surface area contributed by atoms with Gasteiger partial charge in [0, 0.05) is 5.56 Å². The molecule has 19 heavy (non-hydrogen) atoms. The number of benzene rings is 1. The van der Waals surface area contributed by atoms with E-state index in [-0.39, 0.29) is 6.04 Å². The van der Waals surface area contributed by atoms with Crippen LogP contribution in [-0.4, -0.2) is 26.9 Å². The fraction of sp³-hybridized carbons (Fsp3) is 0.600. The van der Waals surface area contributed by atoms with Gasteiger partial charge in [0.15, 0.2) is 0 Å². The van der Waals surface area contributed by atoms with E-state index in [2.05, 4.69) is 0 Å². The standard InChI is InChI=1S/C15H23NO3/c1-17-12-7-8-15(18-2)13(9-12)14(16)10-19-11-5-3-4-6-11/h7-9,11,14H,3-6,10,16H2,1-2H3. The molecular weight excluding hydrogens is 242 g/mol. The highest BCUT2D eigenvalue weighted by atomic mass is 16.5. The third-order valence-corrected chi connectivity index (χ3v) is 3.65. The second-order valence-corrected chi connectivity index (χ2v) is 4.95. The lowest BCUT2D eigenvalue weighted by atomic mass is 10.1. The zero-order valence-corrected chi connectivity index (χ0v) is 11.7. The van der Waals surface area contributed by atoms with Crippen molar-refractivity contribution in [2.45, 2.75) is 37.8 Å². The molecule has 0 saturated heterocycles. The van der Waals surface area contributed by atoms with Gasteiger partial charge in [-0.3, -0.25) is 0 Å². The van der Waals surface area contributed by atoms with Gasteiger partial charge in [-0.1, -0.05) is 12.8 Å². The van der Waals surface area contributed by atoms with Crippen LogP contribution in [0.25, 0.3) is 0 Å². The number of nitrogens with two attached hydrogens (primary N) is 1. The molecule has 1 aromatic carbocycles. The molecule has 1 unspecified atom stereocenters. The summed E-state index contributed by atoms with van der Waals surface area (Å²) in [5.74, 6) is 1.57. The van der Waals surface area contributed by atoms with Crippen molar-refractivity contribution in [1.29, 1.82) is 0 Å². The predicted octanol–water partition coefficient (Wildman–Crippen LogP) is 2.66. The smallest absolute Gasteiger partial charge is 0.123 e. The van der Waals surface area contributed by atoms with Crippen molar-refractivity contribution < 1.29 is 14.2 Å². The second-order valence-electron chi connectivity index (χ2n) is 4.95. The van der Waals surface area contributed by atoms with Gasteiger partial charge in [-0.2, -0.15) is 0 Å². The lowest BCUT2D eigenvalue weighted by molar-refractivity contribution is 0.0485. The average molecular weight is 265 g/mol. The van der Waals surface area contributed by atoms with Gasteiger partial charge in [-0.25, -0.2) is 0 Å². The zero-order valence-electron chi connectivity index (χ0n) is 11.7. The molecule has 2 rings (SSSR count). The van der Waals surface area contributed by atoms with Gasteiger partial charge < -0.3 is 19.9 Å². The summed E-state index contributed by atoms with van der Waals surface area (Å²) in [6.45, 7) is 0.522. The molecule has 0 aliphatic heterocycles. The van der Waals surface area contributed by atoms with Gasteiger partial charge in [0.05, 0.1) is 33.0 Å². The summed E-state index contributed by atoms with van der Waals surface area (Å²) in [7, 11) is 3.29. The number of methoxy groups -OCH3 is 2. The average Bonchev–Trinajstić information content (AvgIpc) is 2.97. The van der Waals surface area contributed by atoms with E-state index in [1.165, 1.54) is 12.8 Å². The molecule has 1 saturated carbocycles. The van der Waals surface area contributed by atoms with E-state index in [9.17, 15) is 0 Å². The Morgan fingerprint density at radius 2 is 1.95 bits per heavy atom. The number of hydrogen-bond donors (Lipinski definition) is 1. The second kappa shape index (κ2) is 6.78. The molecule has 1 atom stereocenters. The van der Waals surface area contributed by atoms with E-state index >= 15 is 0 Å². The Balaban J connectivity index is 2.01. The van der Waals surface area contributed by atoms with Crippen LogP contribution in [0.3, 0.4) is 0 Å². The number of ether oxygens (including phenoxy) is 3. The third kappa shape index (κ3) is 3.61. The minimum absolute atomic E-state index is 0.189. The fourth-order valence-electron chi connectivity index (χ4n) is 2.51. The van der Waals surface area contributed by atoms with Gasteiger partial charge >= 0.3 is 0 Å². The van der Waals surface area contributed by atoms with Gasteiger partial charge in [-0.15, -0.1) is 0 Å². The minimum Gasteiger partial charge on any atom is -0.497 e. The van der Waals surface area contributed by atoms with E-state index in [4.69, 9.17) is 19.9 Å². The Bertz CT molecular complexity index is 402. The van der Waals surface area contributed by atoms with Crippen LogP contribution in [0.15, 0.2) is 18.2 Å². The zero-order chi connectivity index (χ0) is 13.7. The van der Waals surface area contributed by atoms with Crippen molar-refractivity contribution in [2.75, 3.05) is 20.8 Å². The van der Waals surface area contributed by atoms with E-state index < -0.39 is 0 Å². The third-order valence-electron chi connectivity index (χ3n) is 3.65. The molecule has 1 aliphatic rings. The summed E-state index contributed by atoms with van der Waals surface area (Å²) >= 11 is 0. The molecule has 4 heteroatoms. The minimum atomic E-state index is -0.189. The SMILES string of the molecule is COc1ccc(OC)c(C(N)COC2CCCC2)c1. The first-order valence-corrected chi connectivity index (χ1v) is 6.83. The highest BCUT2D eigenvalue weighted by molar-refractivity contribution is 5.42. The molecular formula is C15H23NO3. The van der Waals surface area contributed by atoms with Crippen LogP contribution < -0.4 is 15.2 Å². The fourth-order valence-corrected chi connectivity index (χ4v) is 2.51. The maximum atomic E-state index is 6.21. The first-order chi connectivity index (χ1) is 9.24. The molecule has 1 aliphatic carbocycles. The largest absolute Gasteiger partial charge is 0.497 e. The van der Waals surface area contributed by atoms with E-state index in [1.807, 2.05) is 18.2 Å². The molecule has 2 N–H and O–H groups in total. The Labute approximate surface area is 114 Å². The summed E-state index contributed by atoms with van der Waals surface area (Å²) in [6.07, 6.45) is 5.22. The molecule has 0 aromatic heterocycles. The van der Waals surface area contributed by atoms with Crippen molar-refractivity contribution in [3.05, 3.63) is 23.8 Å². The quantitative estimate of drug-likeness (QED) is 0.859. The van der Waals surface area contributed by atoms with Crippen LogP contribution in [0.4, 0.5) is 0 Å². The molecule has 4 nitrogen and oxygen atoms in total. The molecule has 0 spiro atoms. The molecule has 1 aromatic rings.